The monoisotopic (exact) mass is 199 g/mol. The lowest BCUT2D eigenvalue weighted by Crippen LogP contribution is -2.11. The van der Waals surface area contributed by atoms with Gasteiger partial charge in [-0.05, 0) is 30.5 Å². The first-order chi connectivity index (χ1) is 6.06. The fourth-order valence-electron chi connectivity index (χ4n) is 1.31. The molecule has 0 fully saturated rings. The van der Waals surface area contributed by atoms with Crippen molar-refractivity contribution in [2.75, 3.05) is 6.54 Å². The van der Waals surface area contributed by atoms with Gasteiger partial charge in [0.2, 0.25) is 0 Å². The van der Waals surface area contributed by atoms with Crippen LogP contribution in [-0.2, 0) is 0 Å². The molecule has 0 spiro atoms. The summed E-state index contributed by atoms with van der Waals surface area (Å²) in [5.74, 6) is 0. The average molecular weight is 200 g/mol. The van der Waals surface area contributed by atoms with Crippen LogP contribution in [-0.4, -0.2) is 11.7 Å². The van der Waals surface area contributed by atoms with Crippen LogP contribution in [0.1, 0.15) is 22.8 Å². The fourth-order valence-corrected chi connectivity index (χ4v) is 1.42. The van der Waals surface area contributed by atoms with E-state index in [4.69, 9.17) is 17.3 Å². The largest absolute Gasteiger partial charge is 0.387 e. The van der Waals surface area contributed by atoms with Crippen LogP contribution in [0.25, 0.3) is 0 Å². The van der Waals surface area contributed by atoms with Crippen LogP contribution in [0.5, 0.6) is 0 Å². The second kappa shape index (κ2) is 4.09. The number of hydrogen-bond donors (Lipinski definition) is 2. The number of aliphatic hydroxyl groups is 1. The van der Waals surface area contributed by atoms with Gasteiger partial charge >= 0.3 is 0 Å². The maximum absolute atomic E-state index is 9.50. The van der Waals surface area contributed by atoms with Crippen molar-refractivity contribution >= 4 is 11.6 Å². The lowest BCUT2D eigenvalue weighted by molar-refractivity contribution is 0.186. The highest BCUT2D eigenvalue weighted by atomic mass is 35.5. The first-order valence-corrected chi connectivity index (χ1v) is 4.59. The molecule has 0 saturated carbocycles. The Morgan fingerprint density at radius 3 is 2.23 bits per heavy atom. The van der Waals surface area contributed by atoms with E-state index in [9.17, 15) is 5.11 Å². The summed E-state index contributed by atoms with van der Waals surface area (Å²) in [6.45, 7) is 4.07. The molecule has 1 aromatic carbocycles. The highest BCUT2D eigenvalue weighted by Gasteiger charge is 2.08. The molecule has 0 aliphatic heterocycles. The number of halogens is 1. The first kappa shape index (κ1) is 10.5. The Balaban J connectivity index is 3.13. The number of aliphatic hydroxyl groups excluding tert-OH is 1. The van der Waals surface area contributed by atoms with Crippen LogP contribution in [0, 0.1) is 13.8 Å². The number of rotatable bonds is 2. The van der Waals surface area contributed by atoms with Crippen molar-refractivity contribution in [3.8, 4) is 0 Å². The van der Waals surface area contributed by atoms with Crippen LogP contribution in [0.4, 0.5) is 0 Å². The summed E-state index contributed by atoms with van der Waals surface area (Å²) < 4.78 is 0. The third-order valence-electron chi connectivity index (χ3n) is 2.07. The molecule has 1 unspecified atom stereocenters. The minimum absolute atomic E-state index is 0.237. The standard InChI is InChI=1S/C10H14ClNO/c1-6-3-8(9(13)5-12)4-7(2)10(6)11/h3-4,9,13H,5,12H2,1-2H3. The van der Waals surface area contributed by atoms with Crippen molar-refractivity contribution in [3.05, 3.63) is 33.8 Å². The van der Waals surface area contributed by atoms with Crippen LogP contribution in [0.2, 0.25) is 5.02 Å². The van der Waals surface area contributed by atoms with Gasteiger partial charge in [-0.3, -0.25) is 0 Å². The summed E-state index contributed by atoms with van der Waals surface area (Å²) in [6.07, 6.45) is -0.588. The average Bonchev–Trinajstić information content (AvgIpc) is 2.12. The van der Waals surface area contributed by atoms with Gasteiger partial charge in [0.25, 0.3) is 0 Å². The maximum atomic E-state index is 9.50. The number of nitrogens with two attached hydrogens (primary N) is 1. The molecule has 3 heteroatoms. The number of aryl methyl sites for hydroxylation is 2. The topological polar surface area (TPSA) is 46.2 Å². The molecule has 0 heterocycles. The van der Waals surface area contributed by atoms with Crippen LogP contribution in [0.3, 0.4) is 0 Å². The molecule has 3 N–H and O–H groups in total. The van der Waals surface area contributed by atoms with Gasteiger partial charge in [0.05, 0.1) is 6.10 Å². The SMILES string of the molecule is Cc1cc(C(O)CN)cc(C)c1Cl. The third kappa shape index (κ3) is 2.21. The Kier molecular flexibility index (Phi) is 3.31. The molecule has 0 radical (unpaired) electrons. The summed E-state index contributed by atoms with van der Waals surface area (Å²) in [7, 11) is 0. The molecule has 13 heavy (non-hydrogen) atoms. The van der Waals surface area contributed by atoms with Crippen molar-refractivity contribution in [2.45, 2.75) is 20.0 Å². The molecule has 0 aliphatic carbocycles. The van der Waals surface area contributed by atoms with Gasteiger partial charge < -0.3 is 10.8 Å². The van der Waals surface area contributed by atoms with E-state index in [0.29, 0.717) is 0 Å². The molecular weight excluding hydrogens is 186 g/mol. The fraction of sp³-hybridized carbons (Fsp3) is 0.400. The predicted molar refractivity (Wildman–Crippen MR) is 54.9 cm³/mol. The minimum atomic E-state index is -0.588. The zero-order valence-corrected chi connectivity index (χ0v) is 8.60. The van der Waals surface area contributed by atoms with Crippen molar-refractivity contribution in [3.63, 3.8) is 0 Å². The summed E-state index contributed by atoms with van der Waals surface area (Å²) in [6, 6.07) is 3.74. The molecule has 1 aromatic rings. The molecule has 1 atom stereocenters. The van der Waals surface area contributed by atoms with Crippen molar-refractivity contribution in [1.82, 2.24) is 0 Å². The lowest BCUT2D eigenvalue weighted by Gasteiger charge is -2.11. The number of hydrogen-bond acceptors (Lipinski definition) is 2. The molecule has 72 valence electrons. The van der Waals surface area contributed by atoms with Gasteiger partial charge in [-0.2, -0.15) is 0 Å². The van der Waals surface area contributed by atoms with E-state index < -0.39 is 6.10 Å². The lowest BCUT2D eigenvalue weighted by atomic mass is 10.0. The summed E-state index contributed by atoms with van der Waals surface area (Å²) >= 11 is 5.98. The van der Waals surface area contributed by atoms with E-state index in [-0.39, 0.29) is 6.54 Å². The smallest absolute Gasteiger partial charge is 0.0912 e. The molecule has 2 nitrogen and oxygen atoms in total. The molecular formula is C10H14ClNO. The molecule has 1 rings (SSSR count). The summed E-state index contributed by atoms with van der Waals surface area (Å²) in [5, 5.41) is 10.3. The minimum Gasteiger partial charge on any atom is -0.387 e. The molecule has 0 bridgehead atoms. The Morgan fingerprint density at radius 1 is 1.38 bits per heavy atom. The van der Waals surface area contributed by atoms with Crippen LogP contribution >= 0.6 is 11.6 Å². The highest BCUT2D eigenvalue weighted by Crippen LogP contribution is 2.24. The van der Waals surface area contributed by atoms with E-state index >= 15 is 0 Å². The van der Waals surface area contributed by atoms with E-state index in [1.54, 1.807) is 0 Å². The van der Waals surface area contributed by atoms with E-state index in [1.807, 2.05) is 26.0 Å². The Labute approximate surface area is 83.3 Å². The van der Waals surface area contributed by atoms with Gasteiger partial charge in [-0.15, -0.1) is 0 Å². The first-order valence-electron chi connectivity index (χ1n) is 4.21. The summed E-state index contributed by atoms with van der Waals surface area (Å²) in [5.41, 5.74) is 8.15. The van der Waals surface area contributed by atoms with Crippen molar-refractivity contribution < 1.29 is 5.11 Å². The van der Waals surface area contributed by atoms with Gasteiger partial charge in [0, 0.05) is 11.6 Å². The van der Waals surface area contributed by atoms with Crippen LogP contribution in [0.15, 0.2) is 12.1 Å². The second-order valence-electron chi connectivity index (χ2n) is 3.22. The Bertz CT molecular complexity index is 289. The Morgan fingerprint density at radius 2 is 1.85 bits per heavy atom. The summed E-state index contributed by atoms with van der Waals surface area (Å²) in [4.78, 5) is 0. The van der Waals surface area contributed by atoms with Gasteiger partial charge in [-0.25, -0.2) is 0 Å². The Hall–Kier alpha value is -0.570. The second-order valence-corrected chi connectivity index (χ2v) is 3.60. The van der Waals surface area contributed by atoms with Crippen molar-refractivity contribution in [1.29, 1.82) is 0 Å². The van der Waals surface area contributed by atoms with Crippen molar-refractivity contribution in [2.24, 2.45) is 5.73 Å². The van der Waals surface area contributed by atoms with Gasteiger partial charge in [0.1, 0.15) is 0 Å². The molecule has 0 amide bonds. The third-order valence-corrected chi connectivity index (χ3v) is 2.66. The maximum Gasteiger partial charge on any atom is 0.0912 e. The predicted octanol–water partition coefficient (Wildman–Crippen LogP) is 1.95. The zero-order chi connectivity index (χ0) is 10.0. The van der Waals surface area contributed by atoms with Gasteiger partial charge in [-0.1, -0.05) is 23.7 Å². The van der Waals surface area contributed by atoms with E-state index in [1.165, 1.54) is 0 Å². The van der Waals surface area contributed by atoms with E-state index in [2.05, 4.69) is 0 Å². The van der Waals surface area contributed by atoms with Gasteiger partial charge in [0.15, 0.2) is 0 Å². The molecule has 0 aromatic heterocycles. The zero-order valence-electron chi connectivity index (χ0n) is 7.84. The quantitative estimate of drug-likeness (QED) is 0.765. The molecule has 0 aliphatic rings. The highest BCUT2D eigenvalue weighted by molar-refractivity contribution is 6.32. The normalized spacial score (nSPS) is 13.0. The molecule has 0 saturated heterocycles. The number of benzene rings is 1. The van der Waals surface area contributed by atoms with Crippen LogP contribution < -0.4 is 5.73 Å². The van der Waals surface area contributed by atoms with E-state index in [0.717, 1.165) is 21.7 Å².